The van der Waals surface area contributed by atoms with Gasteiger partial charge in [0, 0.05) is 29.0 Å². The SMILES string of the molecule is Cc1c(C(=O)N2CCc3cc(Br)c(S(N)(=O)=O)cc32)cnc2ccnn12. The van der Waals surface area contributed by atoms with Gasteiger partial charge in [-0.3, -0.25) is 4.79 Å². The molecule has 0 aliphatic carbocycles. The van der Waals surface area contributed by atoms with E-state index in [4.69, 9.17) is 5.14 Å². The minimum Gasteiger partial charge on any atom is -0.308 e. The average Bonchev–Trinajstić information content (AvgIpc) is 3.19. The monoisotopic (exact) mass is 435 g/mol. The molecule has 2 aromatic heterocycles. The van der Waals surface area contributed by atoms with Crippen molar-refractivity contribution in [2.75, 3.05) is 11.4 Å². The van der Waals surface area contributed by atoms with Gasteiger partial charge in [0.25, 0.3) is 5.91 Å². The summed E-state index contributed by atoms with van der Waals surface area (Å²) < 4.78 is 25.6. The highest BCUT2D eigenvalue weighted by Crippen LogP contribution is 2.35. The maximum absolute atomic E-state index is 13.1. The molecule has 1 aliphatic heterocycles. The van der Waals surface area contributed by atoms with Crippen LogP contribution in [-0.2, 0) is 16.4 Å². The van der Waals surface area contributed by atoms with Gasteiger partial charge in [-0.05, 0) is 47.0 Å². The highest BCUT2D eigenvalue weighted by atomic mass is 79.9. The molecule has 4 rings (SSSR count). The number of aryl methyl sites for hydroxylation is 1. The summed E-state index contributed by atoms with van der Waals surface area (Å²) in [5.74, 6) is -0.256. The summed E-state index contributed by atoms with van der Waals surface area (Å²) in [7, 11) is -3.91. The third-order valence-electron chi connectivity index (χ3n) is 4.47. The minimum atomic E-state index is -3.91. The van der Waals surface area contributed by atoms with Gasteiger partial charge in [0.1, 0.15) is 0 Å². The van der Waals surface area contributed by atoms with Crippen molar-refractivity contribution >= 4 is 43.2 Å². The Balaban J connectivity index is 1.81. The average molecular weight is 436 g/mol. The number of fused-ring (bicyclic) bond motifs is 2. The molecule has 3 aromatic rings. The van der Waals surface area contributed by atoms with Crippen molar-refractivity contribution in [3.63, 3.8) is 0 Å². The molecule has 1 aromatic carbocycles. The number of nitrogens with zero attached hydrogens (tertiary/aromatic N) is 4. The fourth-order valence-electron chi connectivity index (χ4n) is 3.16. The van der Waals surface area contributed by atoms with Crippen molar-refractivity contribution in [2.45, 2.75) is 18.2 Å². The van der Waals surface area contributed by atoms with E-state index in [-0.39, 0.29) is 10.8 Å². The first-order valence-corrected chi connectivity index (χ1v) is 10.1. The molecular weight excluding hydrogens is 422 g/mol. The second-order valence-electron chi connectivity index (χ2n) is 6.02. The lowest BCUT2D eigenvalue weighted by molar-refractivity contribution is 0.0987. The topological polar surface area (TPSA) is 111 Å². The number of aromatic nitrogens is 3. The van der Waals surface area contributed by atoms with Gasteiger partial charge in [-0.2, -0.15) is 5.10 Å². The van der Waals surface area contributed by atoms with Gasteiger partial charge in [-0.25, -0.2) is 23.1 Å². The van der Waals surface area contributed by atoms with Crippen LogP contribution in [0.3, 0.4) is 0 Å². The number of benzene rings is 1. The summed E-state index contributed by atoms with van der Waals surface area (Å²) in [6.45, 7) is 2.24. The van der Waals surface area contributed by atoms with Crippen LogP contribution in [0.4, 0.5) is 5.69 Å². The van der Waals surface area contributed by atoms with E-state index >= 15 is 0 Å². The number of hydrogen-bond donors (Lipinski definition) is 1. The van der Waals surface area contributed by atoms with Crippen molar-refractivity contribution in [1.82, 2.24) is 14.6 Å². The van der Waals surface area contributed by atoms with Gasteiger partial charge in [-0.15, -0.1) is 0 Å². The Kier molecular flexibility index (Phi) is 3.86. The van der Waals surface area contributed by atoms with Gasteiger partial charge < -0.3 is 4.90 Å². The van der Waals surface area contributed by atoms with Crippen molar-refractivity contribution in [3.8, 4) is 0 Å². The van der Waals surface area contributed by atoms with Gasteiger partial charge in [0.05, 0.1) is 22.3 Å². The highest BCUT2D eigenvalue weighted by molar-refractivity contribution is 9.10. The molecule has 26 heavy (non-hydrogen) atoms. The zero-order chi connectivity index (χ0) is 18.6. The van der Waals surface area contributed by atoms with Gasteiger partial charge in [-0.1, -0.05) is 0 Å². The Morgan fingerprint density at radius 2 is 2.12 bits per heavy atom. The van der Waals surface area contributed by atoms with E-state index in [1.165, 1.54) is 12.3 Å². The summed E-state index contributed by atoms with van der Waals surface area (Å²) in [5, 5.41) is 9.45. The van der Waals surface area contributed by atoms with Crippen LogP contribution >= 0.6 is 15.9 Å². The molecule has 2 N–H and O–H groups in total. The number of halogens is 1. The molecule has 0 radical (unpaired) electrons. The molecule has 10 heteroatoms. The van der Waals surface area contributed by atoms with E-state index in [0.717, 1.165) is 5.56 Å². The first-order valence-electron chi connectivity index (χ1n) is 7.74. The Labute approximate surface area is 157 Å². The third-order valence-corrected chi connectivity index (χ3v) is 6.34. The molecule has 0 spiro atoms. The molecular formula is C16H14BrN5O3S. The van der Waals surface area contributed by atoms with Crippen LogP contribution in [0.1, 0.15) is 21.6 Å². The lowest BCUT2D eigenvalue weighted by Gasteiger charge is -2.19. The number of amides is 1. The van der Waals surface area contributed by atoms with Crippen LogP contribution in [0.2, 0.25) is 0 Å². The molecule has 0 unspecified atom stereocenters. The maximum Gasteiger partial charge on any atom is 0.261 e. The fraction of sp³-hybridized carbons (Fsp3) is 0.188. The molecule has 0 bridgehead atoms. The Morgan fingerprint density at radius 3 is 2.85 bits per heavy atom. The first kappa shape index (κ1) is 17.1. The van der Waals surface area contributed by atoms with E-state index in [1.54, 1.807) is 34.7 Å². The largest absolute Gasteiger partial charge is 0.308 e. The van der Waals surface area contributed by atoms with E-state index in [1.807, 2.05) is 0 Å². The normalized spacial score (nSPS) is 14.0. The van der Waals surface area contributed by atoms with Crippen molar-refractivity contribution < 1.29 is 13.2 Å². The van der Waals surface area contributed by atoms with E-state index in [0.29, 0.717) is 40.0 Å². The molecule has 8 nitrogen and oxygen atoms in total. The van der Waals surface area contributed by atoms with Crippen LogP contribution in [0.5, 0.6) is 0 Å². The number of anilines is 1. The molecule has 0 atom stereocenters. The summed E-state index contributed by atoms with van der Waals surface area (Å²) >= 11 is 3.24. The van der Waals surface area contributed by atoms with Crippen molar-refractivity contribution in [2.24, 2.45) is 5.14 Å². The Bertz CT molecular complexity index is 1170. The van der Waals surface area contributed by atoms with Crippen LogP contribution in [0.25, 0.3) is 5.65 Å². The summed E-state index contributed by atoms with van der Waals surface area (Å²) in [6, 6.07) is 4.89. The predicted molar refractivity (Wildman–Crippen MR) is 98.6 cm³/mol. The smallest absolute Gasteiger partial charge is 0.261 e. The van der Waals surface area contributed by atoms with Gasteiger partial charge in [0.15, 0.2) is 5.65 Å². The summed E-state index contributed by atoms with van der Waals surface area (Å²) in [5.41, 5.74) is 3.16. The van der Waals surface area contributed by atoms with Crippen LogP contribution in [-0.4, -0.2) is 35.5 Å². The fourth-order valence-corrected chi connectivity index (χ4v) is 4.84. The Hall–Kier alpha value is -2.30. The van der Waals surface area contributed by atoms with E-state index < -0.39 is 10.0 Å². The second-order valence-corrected chi connectivity index (χ2v) is 8.41. The van der Waals surface area contributed by atoms with E-state index in [9.17, 15) is 13.2 Å². The summed E-state index contributed by atoms with van der Waals surface area (Å²) in [6.07, 6.45) is 3.76. The van der Waals surface area contributed by atoms with Gasteiger partial charge >= 0.3 is 0 Å². The third kappa shape index (κ3) is 2.61. The van der Waals surface area contributed by atoms with Gasteiger partial charge in [0.2, 0.25) is 10.0 Å². The van der Waals surface area contributed by atoms with Crippen LogP contribution < -0.4 is 10.0 Å². The number of hydrogen-bond acceptors (Lipinski definition) is 5. The second kappa shape index (κ2) is 5.86. The molecule has 3 heterocycles. The van der Waals surface area contributed by atoms with Crippen molar-refractivity contribution in [3.05, 3.63) is 51.9 Å². The Morgan fingerprint density at radius 1 is 1.35 bits per heavy atom. The molecule has 0 fully saturated rings. The zero-order valence-corrected chi connectivity index (χ0v) is 16.1. The molecule has 1 amide bonds. The van der Waals surface area contributed by atoms with Crippen LogP contribution in [0.15, 0.2) is 40.0 Å². The van der Waals surface area contributed by atoms with Crippen LogP contribution in [0, 0.1) is 6.92 Å². The predicted octanol–water partition coefficient (Wildman–Crippen LogP) is 1.65. The molecule has 1 aliphatic rings. The van der Waals surface area contributed by atoms with E-state index in [2.05, 4.69) is 26.0 Å². The molecule has 0 saturated carbocycles. The molecule has 0 saturated heterocycles. The number of nitrogens with two attached hydrogens (primary N) is 1. The standard InChI is InChI=1S/C16H14BrN5O3S/c1-9-11(8-19-15-2-4-20-22(9)15)16(23)21-5-3-10-6-12(17)14(7-13(10)21)26(18,24)25/h2,4,6-8H,3,5H2,1H3,(H2,18,24,25). The highest BCUT2D eigenvalue weighted by Gasteiger charge is 2.30. The lowest BCUT2D eigenvalue weighted by Crippen LogP contribution is -2.30. The number of carbonyl (C=O) groups excluding carboxylic acids is 1. The minimum absolute atomic E-state index is 0.0478. The molecule has 134 valence electrons. The number of rotatable bonds is 2. The number of sulfonamides is 1. The first-order chi connectivity index (χ1) is 12.3. The maximum atomic E-state index is 13.1. The van der Waals surface area contributed by atoms with Crippen molar-refractivity contribution in [1.29, 1.82) is 0 Å². The zero-order valence-electron chi connectivity index (χ0n) is 13.7. The lowest BCUT2D eigenvalue weighted by atomic mass is 10.1. The summed E-state index contributed by atoms with van der Waals surface area (Å²) in [4.78, 5) is 18.8. The number of primary sulfonamides is 1. The quantitative estimate of drug-likeness (QED) is 0.657. The number of carbonyl (C=O) groups is 1.